The molecule has 2 N–H and O–H groups in total. The first kappa shape index (κ1) is 13.9. The normalized spacial score (nSPS) is 11.6. The van der Waals surface area contributed by atoms with Crippen molar-refractivity contribution in [2.75, 3.05) is 18.0 Å². The first-order chi connectivity index (χ1) is 7.87. The summed E-state index contributed by atoms with van der Waals surface area (Å²) >= 11 is 0. The molecule has 0 radical (unpaired) electrons. The van der Waals surface area contributed by atoms with Crippen LogP contribution in [0.5, 0.6) is 0 Å². The maximum Gasteiger partial charge on any atom is 0.146 e. The van der Waals surface area contributed by atoms with Crippen LogP contribution in [-0.4, -0.2) is 28.9 Å². The van der Waals surface area contributed by atoms with E-state index in [4.69, 9.17) is 5.11 Å². The molecule has 17 heavy (non-hydrogen) atoms. The maximum absolute atomic E-state index is 13.8. The van der Waals surface area contributed by atoms with Crippen LogP contribution in [0.4, 0.5) is 10.1 Å². The van der Waals surface area contributed by atoms with Crippen LogP contribution < -0.4 is 4.90 Å². The highest BCUT2D eigenvalue weighted by Gasteiger charge is 2.19. The molecule has 0 saturated carbocycles. The van der Waals surface area contributed by atoms with Crippen molar-refractivity contribution < 1.29 is 14.6 Å². The number of halogens is 1. The Bertz CT molecular complexity index is 374. The van der Waals surface area contributed by atoms with Crippen LogP contribution >= 0.6 is 0 Å². The Morgan fingerprint density at radius 3 is 2.41 bits per heavy atom. The van der Waals surface area contributed by atoms with Gasteiger partial charge in [0.1, 0.15) is 5.82 Å². The van der Waals surface area contributed by atoms with Crippen LogP contribution in [0.25, 0.3) is 0 Å². The number of rotatable bonds is 5. The summed E-state index contributed by atoms with van der Waals surface area (Å²) in [5.41, 5.74) is 0.121. The molecule has 0 heterocycles. The zero-order valence-corrected chi connectivity index (χ0v) is 10.6. The fraction of sp³-hybridized carbons (Fsp3) is 0.538. The van der Waals surface area contributed by atoms with Crippen LogP contribution in [0.1, 0.15) is 26.3 Å². The average molecular weight is 241 g/mol. The fourth-order valence-corrected chi connectivity index (χ4v) is 1.74. The minimum absolute atomic E-state index is 0.172. The van der Waals surface area contributed by atoms with E-state index < -0.39 is 5.60 Å². The van der Waals surface area contributed by atoms with Crippen molar-refractivity contribution >= 4 is 5.69 Å². The molecular weight excluding hydrogens is 221 g/mol. The number of hydrogen-bond acceptors (Lipinski definition) is 3. The molecule has 0 saturated heterocycles. The molecule has 4 heteroatoms. The SMILES string of the molecule is CCN(CC(C)(C)O)c1ccc(CO)cc1F. The van der Waals surface area contributed by atoms with Gasteiger partial charge in [-0.05, 0) is 38.5 Å². The third kappa shape index (κ3) is 3.98. The minimum Gasteiger partial charge on any atom is -0.392 e. The van der Waals surface area contributed by atoms with Gasteiger partial charge in [-0.3, -0.25) is 0 Å². The van der Waals surface area contributed by atoms with Gasteiger partial charge < -0.3 is 15.1 Å². The Kier molecular flexibility index (Phi) is 4.48. The van der Waals surface area contributed by atoms with Gasteiger partial charge in [0.05, 0.1) is 17.9 Å². The highest BCUT2D eigenvalue weighted by atomic mass is 19.1. The predicted molar refractivity (Wildman–Crippen MR) is 66.5 cm³/mol. The lowest BCUT2D eigenvalue weighted by molar-refractivity contribution is 0.0874. The van der Waals surface area contributed by atoms with Gasteiger partial charge in [-0.2, -0.15) is 0 Å². The van der Waals surface area contributed by atoms with Crippen LogP contribution in [0, 0.1) is 5.82 Å². The first-order valence-electron chi connectivity index (χ1n) is 5.74. The van der Waals surface area contributed by atoms with Crippen molar-refractivity contribution in [3.63, 3.8) is 0 Å². The molecule has 0 bridgehead atoms. The Morgan fingerprint density at radius 2 is 2.00 bits per heavy atom. The van der Waals surface area contributed by atoms with Crippen LogP contribution in [-0.2, 0) is 6.61 Å². The molecule has 0 atom stereocenters. The molecule has 1 aromatic rings. The second kappa shape index (κ2) is 5.47. The number of hydrogen-bond donors (Lipinski definition) is 2. The van der Waals surface area contributed by atoms with Gasteiger partial charge in [0.25, 0.3) is 0 Å². The molecule has 0 aromatic heterocycles. The number of aliphatic hydroxyl groups is 2. The summed E-state index contributed by atoms with van der Waals surface area (Å²) in [6.07, 6.45) is 0. The van der Waals surface area contributed by atoms with E-state index in [0.29, 0.717) is 24.3 Å². The van der Waals surface area contributed by atoms with Gasteiger partial charge >= 0.3 is 0 Å². The molecule has 0 amide bonds. The van der Waals surface area contributed by atoms with Gasteiger partial charge in [0, 0.05) is 13.1 Å². The van der Waals surface area contributed by atoms with Gasteiger partial charge in [0.15, 0.2) is 0 Å². The minimum atomic E-state index is -0.877. The third-order valence-electron chi connectivity index (χ3n) is 2.49. The predicted octanol–water partition coefficient (Wildman–Crippen LogP) is 1.92. The lowest BCUT2D eigenvalue weighted by atomic mass is 10.1. The van der Waals surface area contributed by atoms with E-state index in [9.17, 15) is 9.50 Å². The van der Waals surface area contributed by atoms with Gasteiger partial charge in [-0.25, -0.2) is 4.39 Å². The Balaban J connectivity index is 2.96. The summed E-state index contributed by atoms with van der Waals surface area (Å²) in [4.78, 5) is 1.77. The molecule has 0 spiro atoms. The van der Waals surface area contributed by atoms with Gasteiger partial charge in [-0.15, -0.1) is 0 Å². The molecule has 3 nitrogen and oxygen atoms in total. The summed E-state index contributed by atoms with van der Waals surface area (Å²) in [6.45, 7) is 6.09. The van der Waals surface area contributed by atoms with E-state index >= 15 is 0 Å². The molecule has 0 fully saturated rings. The molecule has 1 rings (SSSR count). The Hall–Kier alpha value is -1.13. The molecule has 0 aliphatic rings. The molecular formula is C13H20FNO2. The number of likely N-dealkylation sites (N-methyl/N-ethyl adjacent to an activating group) is 1. The number of nitrogens with zero attached hydrogens (tertiary/aromatic N) is 1. The van der Waals surface area contributed by atoms with E-state index in [2.05, 4.69) is 0 Å². The van der Waals surface area contributed by atoms with Crippen LogP contribution in [0.3, 0.4) is 0 Å². The standard InChI is InChI=1S/C13H20FNO2/c1-4-15(9-13(2,3)17)12-6-5-10(8-16)7-11(12)14/h5-7,16-17H,4,8-9H2,1-3H3. The van der Waals surface area contributed by atoms with E-state index in [1.165, 1.54) is 6.07 Å². The van der Waals surface area contributed by atoms with Crippen molar-refractivity contribution in [2.24, 2.45) is 0 Å². The quantitative estimate of drug-likeness (QED) is 0.827. The van der Waals surface area contributed by atoms with E-state index in [1.807, 2.05) is 6.92 Å². The monoisotopic (exact) mass is 241 g/mol. The van der Waals surface area contributed by atoms with Crippen molar-refractivity contribution in [2.45, 2.75) is 33.0 Å². The Labute approximate surface area is 101 Å². The van der Waals surface area contributed by atoms with Crippen molar-refractivity contribution in [1.82, 2.24) is 0 Å². The van der Waals surface area contributed by atoms with E-state index in [1.54, 1.807) is 30.9 Å². The Morgan fingerprint density at radius 1 is 1.35 bits per heavy atom. The average Bonchev–Trinajstić information content (AvgIpc) is 2.24. The summed E-state index contributed by atoms with van der Waals surface area (Å²) in [6, 6.07) is 4.64. The highest BCUT2D eigenvalue weighted by Crippen LogP contribution is 2.22. The molecule has 0 unspecified atom stereocenters. The molecule has 1 aromatic carbocycles. The van der Waals surface area contributed by atoms with Crippen LogP contribution in [0.2, 0.25) is 0 Å². The number of anilines is 1. The van der Waals surface area contributed by atoms with Crippen molar-refractivity contribution in [3.8, 4) is 0 Å². The zero-order valence-electron chi connectivity index (χ0n) is 10.6. The third-order valence-corrected chi connectivity index (χ3v) is 2.49. The second-order valence-electron chi connectivity index (χ2n) is 4.77. The van der Waals surface area contributed by atoms with Gasteiger partial charge in [-0.1, -0.05) is 6.07 Å². The smallest absolute Gasteiger partial charge is 0.146 e. The topological polar surface area (TPSA) is 43.7 Å². The first-order valence-corrected chi connectivity index (χ1v) is 5.74. The summed E-state index contributed by atoms with van der Waals surface area (Å²) < 4.78 is 13.8. The zero-order chi connectivity index (χ0) is 13.1. The maximum atomic E-state index is 13.8. The number of benzene rings is 1. The van der Waals surface area contributed by atoms with E-state index in [0.717, 1.165) is 0 Å². The van der Waals surface area contributed by atoms with E-state index in [-0.39, 0.29) is 12.4 Å². The lowest BCUT2D eigenvalue weighted by Gasteiger charge is -2.30. The summed E-state index contributed by atoms with van der Waals surface area (Å²) in [5, 5.41) is 18.7. The molecule has 0 aliphatic heterocycles. The largest absolute Gasteiger partial charge is 0.392 e. The summed E-state index contributed by atoms with van der Waals surface area (Å²) in [5.74, 6) is -0.373. The van der Waals surface area contributed by atoms with Crippen molar-refractivity contribution in [3.05, 3.63) is 29.6 Å². The van der Waals surface area contributed by atoms with Gasteiger partial charge in [0.2, 0.25) is 0 Å². The molecule has 0 aliphatic carbocycles. The lowest BCUT2D eigenvalue weighted by Crippen LogP contribution is -2.39. The highest BCUT2D eigenvalue weighted by molar-refractivity contribution is 5.49. The van der Waals surface area contributed by atoms with Crippen LogP contribution in [0.15, 0.2) is 18.2 Å². The second-order valence-corrected chi connectivity index (χ2v) is 4.77. The molecule has 96 valence electrons. The van der Waals surface area contributed by atoms with Crippen molar-refractivity contribution in [1.29, 1.82) is 0 Å². The summed E-state index contributed by atoms with van der Waals surface area (Å²) in [7, 11) is 0. The fourth-order valence-electron chi connectivity index (χ4n) is 1.74. The number of aliphatic hydroxyl groups excluding tert-OH is 1.